The molecule has 0 unspecified atom stereocenters. The number of rotatable bonds is 4. The summed E-state index contributed by atoms with van der Waals surface area (Å²) in [6.07, 6.45) is 6.81. The summed E-state index contributed by atoms with van der Waals surface area (Å²) in [5.74, 6) is 4.16. The fourth-order valence-corrected chi connectivity index (χ4v) is 10.3. The molecule has 2 N–H and O–H groups in total. The first-order valence-corrected chi connectivity index (χ1v) is 12.7. The van der Waals surface area contributed by atoms with Gasteiger partial charge in [-0.25, -0.2) is 0 Å². The highest BCUT2D eigenvalue weighted by molar-refractivity contribution is 6.05. The lowest BCUT2D eigenvalue weighted by Crippen LogP contribution is -2.71. The minimum atomic E-state index is -0.209. The number of hydrogen-bond acceptors (Lipinski definition) is 4. The first kappa shape index (κ1) is 19.7. The van der Waals surface area contributed by atoms with Gasteiger partial charge in [0.15, 0.2) is 0 Å². The van der Waals surface area contributed by atoms with Crippen LogP contribution in [0.15, 0.2) is 48.6 Å². The number of hydrogen-bond donors (Lipinski definition) is 2. The molecule has 3 saturated carbocycles. The third-order valence-electron chi connectivity index (χ3n) is 11.1. The van der Waals surface area contributed by atoms with Crippen molar-refractivity contribution >= 4 is 21.5 Å². The number of ether oxygens (including phenoxy) is 2. The van der Waals surface area contributed by atoms with E-state index in [0.29, 0.717) is 35.5 Å². The maximum atomic E-state index is 10.9. The molecule has 3 aromatic rings. The van der Waals surface area contributed by atoms with Crippen molar-refractivity contribution in [1.82, 2.24) is 0 Å². The molecule has 0 saturated heterocycles. The fraction of sp³-hybridized carbons (Fsp3) is 0.467. The van der Waals surface area contributed by atoms with Crippen molar-refractivity contribution in [3.05, 3.63) is 59.7 Å². The maximum Gasteiger partial charge on any atom is 0.130 e. The molecule has 5 aliphatic rings. The Morgan fingerprint density at radius 1 is 0.765 bits per heavy atom. The smallest absolute Gasteiger partial charge is 0.130 e. The Labute approximate surface area is 199 Å². The largest absolute Gasteiger partial charge is 0.496 e. The Balaban J connectivity index is 1.43. The van der Waals surface area contributed by atoms with E-state index in [2.05, 4.69) is 48.6 Å². The van der Waals surface area contributed by atoms with Crippen LogP contribution >= 0.6 is 0 Å². The average molecular weight is 455 g/mol. The topological polar surface area (TPSA) is 58.9 Å². The predicted molar refractivity (Wildman–Crippen MR) is 131 cm³/mol. The minimum absolute atomic E-state index is 0.163. The molecule has 174 valence electrons. The van der Waals surface area contributed by atoms with Crippen LogP contribution in [-0.2, 0) is 0 Å². The van der Waals surface area contributed by atoms with Crippen molar-refractivity contribution in [1.29, 1.82) is 0 Å². The lowest BCUT2D eigenvalue weighted by atomic mass is 9.33. The molecule has 0 aliphatic heterocycles. The summed E-state index contributed by atoms with van der Waals surface area (Å²) in [6, 6.07) is 13.0. The van der Waals surface area contributed by atoms with Gasteiger partial charge in [-0.3, -0.25) is 0 Å². The van der Waals surface area contributed by atoms with Crippen LogP contribution in [-0.4, -0.2) is 37.6 Å². The number of allylic oxidation sites excluding steroid dienone is 2. The molecule has 0 spiro atoms. The molecular formula is C30H30O4. The highest BCUT2D eigenvalue weighted by Crippen LogP contribution is 2.88. The Hall–Kier alpha value is -2.56. The highest BCUT2D eigenvalue weighted by Gasteiger charge is 2.85. The van der Waals surface area contributed by atoms with Crippen molar-refractivity contribution in [3.63, 3.8) is 0 Å². The van der Waals surface area contributed by atoms with E-state index in [9.17, 15) is 10.2 Å². The van der Waals surface area contributed by atoms with Crippen LogP contribution in [0.2, 0.25) is 0 Å². The van der Waals surface area contributed by atoms with Gasteiger partial charge in [0, 0.05) is 32.7 Å². The number of benzene rings is 3. The summed E-state index contributed by atoms with van der Waals surface area (Å²) in [5, 5.41) is 26.4. The number of methoxy groups -OCH3 is 2. The van der Waals surface area contributed by atoms with E-state index in [1.807, 2.05) is 0 Å². The van der Waals surface area contributed by atoms with Crippen molar-refractivity contribution in [2.75, 3.05) is 27.4 Å². The Morgan fingerprint density at radius 2 is 1.24 bits per heavy atom. The van der Waals surface area contributed by atoms with Crippen molar-refractivity contribution in [2.24, 2.45) is 34.5 Å². The second kappa shape index (κ2) is 6.16. The van der Waals surface area contributed by atoms with E-state index in [4.69, 9.17) is 9.47 Å². The van der Waals surface area contributed by atoms with Crippen LogP contribution in [0, 0.1) is 34.5 Å². The van der Waals surface area contributed by atoms with Crippen LogP contribution in [0.25, 0.3) is 21.5 Å². The molecule has 0 aromatic heterocycles. The second-order valence-corrected chi connectivity index (χ2v) is 11.4. The third-order valence-corrected chi connectivity index (χ3v) is 11.1. The molecule has 8 atom stereocenters. The summed E-state index contributed by atoms with van der Waals surface area (Å²) >= 11 is 0. The normalized spacial score (nSPS) is 39.9. The molecule has 3 aromatic carbocycles. The summed E-state index contributed by atoms with van der Waals surface area (Å²) in [5.41, 5.74) is 2.19. The van der Waals surface area contributed by atoms with Crippen LogP contribution in [0.4, 0.5) is 0 Å². The molecule has 8 rings (SSSR count). The number of aliphatic hydroxyl groups is 2. The van der Waals surface area contributed by atoms with Gasteiger partial charge in [-0.15, -0.1) is 0 Å². The lowest BCUT2D eigenvalue weighted by molar-refractivity contribution is -0.251. The van der Waals surface area contributed by atoms with Gasteiger partial charge < -0.3 is 19.7 Å². The molecule has 3 fully saturated rings. The molecule has 4 nitrogen and oxygen atoms in total. The first-order valence-electron chi connectivity index (χ1n) is 12.7. The van der Waals surface area contributed by atoms with E-state index >= 15 is 0 Å². The maximum absolute atomic E-state index is 10.9. The van der Waals surface area contributed by atoms with Crippen LogP contribution < -0.4 is 9.47 Å². The van der Waals surface area contributed by atoms with Crippen molar-refractivity contribution in [2.45, 2.75) is 24.7 Å². The van der Waals surface area contributed by atoms with E-state index in [-0.39, 0.29) is 24.0 Å². The predicted octanol–water partition coefficient (Wildman–Crippen LogP) is 5.00. The van der Waals surface area contributed by atoms with Crippen LogP contribution in [0.3, 0.4) is 0 Å². The van der Waals surface area contributed by atoms with E-state index in [0.717, 1.165) is 35.1 Å². The molecule has 0 heterocycles. The quantitative estimate of drug-likeness (QED) is 0.331. The lowest BCUT2D eigenvalue weighted by Gasteiger charge is -2.71. The molecule has 34 heavy (non-hydrogen) atoms. The van der Waals surface area contributed by atoms with Gasteiger partial charge >= 0.3 is 0 Å². The summed E-state index contributed by atoms with van der Waals surface area (Å²) < 4.78 is 12.4. The van der Waals surface area contributed by atoms with E-state index in [1.54, 1.807) is 14.2 Å². The fourth-order valence-electron chi connectivity index (χ4n) is 10.3. The average Bonchev–Trinajstić information content (AvgIpc) is 3.60. The number of fused-ring (bicyclic) bond motifs is 17. The second-order valence-electron chi connectivity index (χ2n) is 11.4. The first-order chi connectivity index (χ1) is 16.7. The Kier molecular flexibility index (Phi) is 3.57. The van der Waals surface area contributed by atoms with Gasteiger partial charge in [0.25, 0.3) is 0 Å². The van der Waals surface area contributed by atoms with Crippen molar-refractivity contribution in [3.8, 4) is 11.5 Å². The van der Waals surface area contributed by atoms with E-state index in [1.165, 1.54) is 21.9 Å². The van der Waals surface area contributed by atoms with Gasteiger partial charge in [0.05, 0.1) is 27.4 Å². The highest BCUT2D eigenvalue weighted by atomic mass is 16.5. The molecule has 4 bridgehead atoms. The Morgan fingerprint density at radius 3 is 1.65 bits per heavy atom. The number of aliphatic hydroxyl groups excluding tert-OH is 2. The summed E-state index contributed by atoms with van der Waals surface area (Å²) in [7, 11) is 3.59. The zero-order valence-electron chi connectivity index (χ0n) is 19.6. The molecule has 0 radical (unpaired) electrons. The monoisotopic (exact) mass is 454 g/mol. The zero-order valence-corrected chi connectivity index (χ0v) is 19.6. The standard InChI is InChI=1S/C30H30O4/c1-33-27-19-9-15-5-3-4-6-16(15)10-20(19)28(34-2)24-22-12-21(23(24)27)25-26(22)30(14-32)18-8-7-17(11-18)29(25,30)13-31/h3-10,17-18,21-22,25-26,31-32H,11-14H2,1-2H3/t17-,18+,21+,22-,25+,26-,29-,30+. The molecule has 4 heteroatoms. The summed E-state index contributed by atoms with van der Waals surface area (Å²) in [6.45, 7) is 0.326. The zero-order chi connectivity index (χ0) is 23.0. The summed E-state index contributed by atoms with van der Waals surface area (Å²) in [4.78, 5) is 0. The van der Waals surface area contributed by atoms with Crippen LogP contribution in [0.1, 0.15) is 35.8 Å². The van der Waals surface area contributed by atoms with Gasteiger partial charge in [-0.2, -0.15) is 0 Å². The molecule has 0 amide bonds. The van der Waals surface area contributed by atoms with Gasteiger partial charge in [0.2, 0.25) is 0 Å². The minimum Gasteiger partial charge on any atom is -0.496 e. The molecule has 5 aliphatic carbocycles. The van der Waals surface area contributed by atoms with E-state index < -0.39 is 0 Å². The molecular weight excluding hydrogens is 424 g/mol. The van der Waals surface area contributed by atoms with Gasteiger partial charge in [-0.1, -0.05) is 36.4 Å². The van der Waals surface area contributed by atoms with Gasteiger partial charge in [-0.05, 0) is 71.3 Å². The SMILES string of the molecule is COc1c2c(c(OC)c3cc4ccccc4cc13)[C@@H]1C[C@H]2[C@@H]2[C@H]1[C@@]1(CO)[C@@H]3C=C[C@@H](C3)[C@@]21CO. The Bertz CT molecular complexity index is 1320. The third kappa shape index (κ3) is 1.76. The van der Waals surface area contributed by atoms with Crippen molar-refractivity contribution < 1.29 is 19.7 Å². The van der Waals surface area contributed by atoms with Gasteiger partial charge in [0.1, 0.15) is 11.5 Å². The van der Waals surface area contributed by atoms with Crippen LogP contribution in [0.5, 0.6) is 11.5 Å².